The molecule has 3 aromatic rings. The zero-order valence-corrected chi connectivity index (χ0v) is 17.3. The third-order valence-electron chi connectivity index (χ3n) is 3.75. The molecule has 0 unspecified atom stereocenters. The molecule has 0 aliphatic rings. The number of amides is 2. The van der Waals surface area contributed by atoms with E-state index in [-0.39, 0.29) is 27.9 Å². The molecule has 0 radical (unpaired) electrons. The molecule has 30 heavy (non-hydrogen) atoms. The monoisotopic (exact) mass is 465 g/mol. The summed E-state index contributed by atoms with van der Waals surface area (Å²) in [5.41, 5.74) is 16.7. The van der Waals surface area contributed by atoms with Crippen molar-refractivity contribution in [1.29, 1.82) is 0 Å². The highest BCUT2D eigenvalue weighted by Crippen LogP contribution is 2.23. The van der Waals surface area contributed by atoms with Crippen molar-refractivity contribution in [2.45, 2.75) is 0 Å². The zero-order valence-electron chi connectivity index (χ0n) is 15.0. The van der Waals surface area contributed by atoms with Gasteiger partial charge in [0.25, 0.3) is 11.8 Å². The predicted octanol–water partition coefficient (Wildman–Crippen LogP) is 3.53. The van der Waals surface area contributed by atoms with Crippen LogP contribution >= 0.6 is 34.8 Å². The number of nitrogens with one attached hydrogen (secondary N) is 4. The van der Waals surface area contributed by atoms with E-state index in [0.29, 0.717) is 15.6 Å². The average Bonchev–Trinajstić information content (AvgIpc) is 2.72. The first kappa shape index (κ1) is 21.4. The molecule has 1 aromatic heterocycles. The number of benzene rings is 2. The number of carbonyl (C=O) groups is 2. The molecule has 0 saturated heterocycles. The van der Waals surface area contributed by atoms with Crippen LogP contribution in [0.15, 0.2) is 48.8 Å². The van der Waals surface area contributed by atoms with E-state index in [1.54, 1.807) is 24.3 Å². The van der Waals surface area contributed by atoms with Crippen molar-refractivity contribution < 1.29 is 9.59 Å². The highest BCUT2D eigenvalue weighted by molar-refractivity contribution is 6.36. The number of hydrogen-bond donors (Lipinski definition) is 5. The number of anilines is 3. The Morgan fingerprint density at radius 2 is 1.37 bits per heavy atom. The zero-order chi connectivity index (χ0) is 21.7. The second-order valence-electron chi connectivity index (χ2n) is 5.77. The number of carbonyl (C=O) groups excluding carboxylic acids is 2. The van der Waals surface area contributed by atoms with Crippen LogP contribution < -0.4 is 27.4 Å². The second kappa shape index (κ2) is 9.49. The maximum absolute atomic E-state index is 12.3. The van der Waals surface area contributed by atoms with Crippen LogP contribution in [0.5, 0.6) is 0 Å². The molecule has 6 N–H and O–H groups in total. The van der Waals surface area contributed by atoms with Gasteiger partial charge in [0.05, 0.1) is 10.6 Å². The first-order valence-electron chi connectivity index (χ1n) is 8.29. The van der Waals surface area contributed by atoms with Crippen molar-refractivity contribution >= 4 is 63.9 Å². The van der Waals surface area contributed by atoms with Gasteiger partial charge < -0.3 is 5.73 Å². The number of hydrazine groups is 2. The van der Waals surface area contributed by atoms with E-state index in [9.17, 15) is 9.59 Å². The maximum atomic E-state index is 12.3. The molecule has 0 spiro atoms. The highest BCUT2D eigenvalue weighted by Gasteiger charge is 2.13. The van der Waals surface area contributed by atoms with E-state index in [0.717, 1.165) is 0 Å². The van der Waals surface area contributed by atoms with Crippen LogP contribution in [-0.4, -0.2) is 21.8 Å². The van der Waals surface area contributed by atoms with Gasteiger partial charge in [0, 0.05) is 15.6 Å². The third kappa shape index (κ3) is 5.20. The standard InChI is InChI=1S/C18H14Cl3N7O2/c19-10-3-1-9(2-4-10)17(29)27-25-15-14(22)16(24-8-23-15)26-28-18(30)12-6-5-11(20)7-13(12)21/h1-8H,22H2,(H,27,29)(H,28,30)(H2,23,24,25,26). The Kier molecular flexibility index (Phi) is 6.78. The van der Waals surface area contributed by atoms with E-state index in [1.165, 1.54) is 24.5 Å². The summed E-state index contributed by atoms with van der Waals surface area (Å²) in [6.07, 6.45) is 1.19. The van der Waals surface area contributed by atoms with Crippen molar-refractivity contribution in [3.63, 3.8) is 0 Å². The van der Waals surface area contributed by atoms with Gasteiger partial charge in [-0.15, -0.1) is 0 Å². The minimum absolute atomic E-state index is 0.0522. The molecule has 0 bridgehead atoms. The van der Waals surface area contributed by atoms with Crippen molar-refractivity contribution in [2.75, 3.05) is 16.6 Å². The summed E-state index contributed by atoms with van der Waals surface area (Å²) in [5.74, 6) is -0.731. The topological polar surface area (TPSA) is 134 Å². The minimum Gasteiger partial charge on any atom is -0.393 e. The molecule has 12 heteroatoms. The fourth-order valence-electron chi connectivity index (χ4n) is 2.24. The summed E-state index contributed by atoms with van der Waals surface area (Å²) in [4.78, 5) is 32.3. The molecule has 0 saturated carbocycles. The first-order valence-corrected chi connectivity index (χ1v) is 9.42. The normalized spacial score (nSPS) is 10.2. The summed E-state index contributed by atoms with van der Waals surface area (Å²) in [7, 11) is 0. The SMILES string of the molecule is Nc1c(NNC(=O)c2ccc(Cl)cc2)ncnc1NNC(=O)c1ccc(Cl)cc1Cl. The Bertz CT molecular complexity index is 1090. The lowest BCUT2D eigenvalue weighted by molar-refractivity contribution is 0.0954. The van der Waals surface area contributed by atoms with Crippen molar-refractivity contribution in [3.8, 4) is 0 Å². The van der Waals surface area contributed by atoms with Gasteiger partial charge in [-0.1, -0.05) is 34.8 Å². The Labute approximate surface area is 185 Å². The van der Waals surface area contributed by atoms with Gasteiger partial charge in [-0.3, -0.25) is 31.3 Å². The quantitative estimate of drug-likeness (QED) is 0.351. The number of rotatable bonds is 6. The van der Waals surface area contributed by atoms with E-state index in [4.69, 9.17) is 40.5 Å². The summed E-state index contributed by atoms with van der Waals surface area (Å²) in [6.45, 7) is 0. The number of hydrogen-bond acceptors (Lipinski definition) is 7. The molecule has 154 valence electrons. The summed E-state index contributed by atoms with van der Waals surface area (Å²) < 4.78 is 0. The van der Waals surface area contributed by atoms with Gasteiger partial charge in [-0.25, -0.2) is 9.97 Å². The largest absolute Gasteiger partial charge is 0.393 e. The van der Waals surface area contributed by atoms with E-state index in [2.05, 4.69) is 31.7 Å². The molecular formula is C18H14Cl3N7O2. The van der Waals surface area contributed by atoms with Crippen LogP contribution in [0.2, 0.25) is 15.1 Å². The molecule has 0 aliphatic carbocycles. The fraction of sp³-hybridized carbons (Fsp3) is 0. The molecule has 2 amide bonds. The molecule has 2 aromatic carbocycles. The minimum atomic E-state index is -0.528. The average molecular weight is 467 g/mol. The van der Waals surface area contributed by atoms with Crippen LogP contribution in [-0.2, 0) is 0 Å². The molecule has 0 aliphatic heterocycles. The summed E-state index contributed by atoms with van der Waals surface area (Å²) in [6, 6.07) is 10.8. The van der Waals surface area contributed by atoms with Gasteiger partial charge in [0.2, 0.25) is 0 Å². The van der Waals surface area contributed by atoms with Crippen molar-refractivity contribution in [3.05, 3.63) is 75.0 Å². The lowest BCUT2D eigenvalue weighted by Gasteiger charge is -2.14. The van der Waals surface area contributed by atoms with Gasteiger partial charge in [-0.05, 0) is 42.5 Å². The Morgan fingerprint density at radius 3 is 1.97 bits per heavy atom. The van der Waals surface area contributed by atoms with Crippen molar-refractivity contribution in [1.82, 2.24) is 20.8 Å². The van der Waals surface area contributed by atoms with Gasteiger partial charge in [0.15, 0.2) is 11.6 Å². The maximum Gasteiger partial charge on any atom is 0.271 e. The van der Waals surface area contributed by atoms with Gasteiger partial charge >= 0.3 is 0 Å². The fourth-order valence-corrected chi connectivity index (χ4v) is 2.86. The van der Waals surface area contributed by atoms with Crippen LogP contribution in [0.25, 0.3) is 0 Å². The van der Waals surface area contributed by atoms with Gasteiger partial charge in [-0.2, -0.15) is 0 Å². The first-order chi connectivity index (χ1) is 14.3. The molecule has 9 nitrogen and oxygen atoms in total. The van der Waals surface area contributed by atoms with Gasteiger partial charge in [0.1, 0.15) is 12.0 Å². The highest BCUT2D eigenvalue weighted by atomic mass is 35.5. The molecule has 0 atom stereocenters. The Morgan fingerprint density at radius 1 is 0.800 bits per heavy atom. The number of nitrogen functional groups attached to an aromatic ring is 1. The van der Waals surface area contributed by atoms with Crippen molar-refractivity contribution in [2.24, 2.45) is 0 Å². The lowest BCUT2D eigenvalue weighted by atomic mass is 10.2. The number of aromatic nitrogens is 2. The predicted molar refractivity (Wildman–Crippen MR) is 117 cm³/mol. The Balaban J connectivity index is 1.63. The lowest BCUT2D eigenvalue weighted by Crippen LogP contribution is -2.32. The molecule has 3 rings (SSSR count). The van der Waals surface area contributed by atoms with Crippen LogP contribution in [0.3, 0.4) is 0 Å². The number of nitrogens with two attached hydrogens (primary N) is 1. The molecule has 1 heterocycles. The Hall–Kier alpha value is -3.27. The van der Waals surface area contributed by atoms with E-state index >= 15 is 0 Å². The number of halogens is 3. The molecular weight excluding hydrogens is 453 g/mol. The van der Waals surface area contributed by atoms with Crippen LogP contribution in [0, 0.1) is 0 Å². The smallest absolute Gasteiger partial charge is 0.271 e. The van der Waals surface area contributed by atoms with E-state index < -0.39 is 11.8 Å². The molecule has 0 fully saturated rings. The second-order valence-corrected chi connectivity index (χ2v) is 7.05. The summed E-state index contributed by atoms with van der Waals surface area (Å²) >= 11 is 17.6. The number of nitrogens with zero attached hydrogens (tertiary/aromatic N) is 2. The van der Waals surface area contributed by atoms with Crippen LogP contribution in [0.1, 0.15) is 20.7 Å². The van der Waals surface area contributed by atoms with Crippen LogP contribution in [0.4, 0.5) is 17.3 Å². The third-order valence-corrected chi connectivity index (χ3v) is 4.55. The summed E-state index contributed by atoms with van der Waals surface area (Å²) in [5, 5.41) is 1.10. The van der Waals surface area contributed by atoms with E-state index in [1.807, 2.05) is 0 Å².